The van der Waals surface area contributed by atoms with Gasteiger partial charge in [-0.3, -0.25) is 0 Å². The van der Waals surface area contributed by atoms with Crippen LogP contribution in [-0.2, 0) is 0 Å². The molecule has 2 rings (SSSR count). The molecule has 0 saturated heterocycles. The molecule has 0 bridgehead atoms. The predicted molar refractivity (Wildman–Crippen MR) is 68.0 cm³/mol. The Morgan fingerprint density at radius 2 is 2.16 bits per heavy atom. The first-order valence-electron chi connectivity index (χ1n) is 6.05. The number of rotatable bonds is 4. The Bertz CT molecular complexity index is 569. The number of hydrogen-bond donors (Lipinski definition) is 2. The Balaban J connectivity index is 2.32. The van der Waals surface area contributed by atoms with Gasteiger partial charge in [-0.15, -0.1) is 0 Å². The fourth-order valence-corrected chi connectivity index (χ4v) is 1.81. The maximum atomic E-state index is 13.3. The van der Waals surface area contributed by atoms with Gasteiger partial charge in [0.1, 0.15) is 0 Å². The Morgan fingerprint density at radius 1 is 1.42 bits per heavy atom. The highest BCUT2D eigenvalue weighted by atomic mass is 19.1. The van der Waals surface area contributed by atoms with E-state index in [0.717, 1.165) is 6.07 Å². The van der Waals surface area contributed by atoms with Gasteiger partial charge in [0.15, 0.2) is 11.6 Å². The highest BCUT2D eigenvalue weighted by molar-refractivity contribution is 5.55. The minimum Gasteiger partial charge on any atom is -0.505 e. The third-order valence-corrected chi connectivity index (χ3v) is 3.02. The molecule has 102 valence electrons. The van der Waals surface area contributed by atoms with Gasteiger partial charge in [0.2, 0.25) is 11.7 Å². The third-order valence-electron chi connectivity index (χ3n) is 3.02. The first-order valence-corrected chi connectivity index (χ1v) is 6.05. The van der Waals surface area contributed by atoms with Gasteiger partial charge in [0, 0.05) is 12.1 Å². The molecule has 1 heterocycles. The quantitative estimate of drug-likeness (QED) is 0.885. The fraction of sp³-hybridized carbons (Fsp3) is 0.385. The van der Waals surface area contributed by atoms with E-state index in [1.807, 2.05) is 13.8 Å². The molecule has 0 aliphatic carbocycles. The molecule has 3 N–H and O–H groups in total. The van der Waals surface area contributed by atoms with E-state index in [2.05, 4.69) is 10.1 Å². The zero-order valence-electron chi connectivity index (χ0n) is 10.8. The van der Waals surface area contributed by atoms with E-state index >= 15 is 0 Å². The Morgan fingerprint density at radius 3 is 2.74 bits per heavy atom. The Hall–Kier alpha value is -1.95. The molecule has 1 aromatic heterocycles. The molecular formula is C13H16FN3O2. The lowest BCUT2D eigenvalue weighted by atomic mass is 9.96. The number of nitrogens with two attached hydrogens (primary N) is 1. The predicted octanol–water partition coefficient (Wildman–Crippen LogP) is 2.28. The number of phenolic OH excluding ortho intramolecular Hbond substituents is 1. The normalized spacial score (nSPS) is 12.9. The second-order valence-corrected chi connectivity index (χ2v) is 4.71. The molecule has 6 heteroatoms. The van der Waals surface area contributed by atoms with Crippen LogP contribution in [0.5, 0.6) is 5.75 Å². The van der Waals surface area contributed by atoms with E-state index in [9.17, 15) is 4.39 Å². The van der Waals surface area contributed by atoms with Gasteiger partial charge in [0.25, 0.3) is 0 Å². The highest BCUT2D eigenvalue weighted by Gasteiger charge is 2.21. The van der Waals surface area contributed by atoms with Crippen molar-refractivity contribution in [2.75, 3.05) is 6.54 Å². The SMILES string of the molecule is CC(C)C(CN)c1nc(-c2ccc(O)c(F)c2)no1. The van der Waals surface area contributed by atoms with E-state index in [4.69, 9.17) is 15.4 Å². The summed E-state index contributed by atoms with van der Waals surface area (Å²) in [6.45, 7) is 4.44. The summed E-state index contributed by atoms with van der Waals surface area (Å²) in [4.78, 5) is 4.24. The topological polar surface area (TPSA) is 85.2 Å². The average Bonchev–Trinajstić information content (AvgIpc) is 2.82. The monoisotopic (exact) mass is 265 g/mol. The summed E-state index contributed by atoms with van der Waals surface area (Å²) in [5, 5.41) is 13.0. The number of hydrogen-bond acceptors (Lipinski definition) is 5. The van der Waals surface area contributed by atoms with Crippen LogP contribution in [0.25, 0.3) is 11.4 Å². The number of phenols is 1. The molecule has 1 aromatic carbocycles. The molecule has 0 radical (unpaired) electrons. The summed E-state index contributed by atoms with van der Waals surface area (Å²) in [6.07, 6.45) is 0. The molecule has 1 atom stereocenters. The Kier molecular flexibility index (Phi) is 3.80. The second-order valence-electron chi connectivity index (χ2n) is 4.71. The minimum absolute atomic E-state index is 0.0248. The van der Waals surface area contributed by atoms with E-state index < -0.39 is 11.6 Å². The number of aromatic nitrogens is 2. The number of benzene rings is 1. The van der Waals surface area contributed by atoms with Gasteiger partial charge in [-0.25, -0.2) is 4.39 Å². The van der Waals surface area contributed by atoms with Crippen molar-refractivity contribution >= 4 is 0 Å². The first kappa shape index (κ1) is 13.5. The molecular weight excluding hydrogens is 249 g/mol. The van der Waals surface area contributed by atoms with Crippen molar-refractivity contribution in [3.8, 4) is 17.1 Å². The average molecular weight is 265 g/mol. The summed E-state index contributed by atoms with van der Waals surface area (Å²) < 4.78 is 18.4. The lowest BCUT2D eigenvalue weighted by Gasteiger charge is -2.13. The summed E-state index contributed by atoms with van der Waals surface area (Å²) in [6, 6.07) is 3.94. The lowest BCUT2D eigenvalue weighted by molar-refractivity contribution is 0.324. The van der Waals surface area contributed by atoms with Crippen molar-refractivity contribution in [2.24, 2.45) is 11.7 Å². The molecule has 0 aliphatic rings. The zero-order chi connectivity index (χ0) is 14.0. The number of aromatic hydroxyl groups is 1. The molecule has 0 aliphatic heterocycles. The standard InChI is InChI=1S/C13H16FN3O2/c1-7(2)9(6-15)13-16-12(17-19-13)8-3-4-11(18)10(14)5-8/h3-5,7,9,18H,6,15H2,1-2H3. The molecule has 5 nitrogen and oxygen atoms in total. The van der Waals surface area contributed by atoms with Gasteiger partial charge >= 0.3 is 0 Å². The second kappa shape index (κ2) is 5.36. The van der Waals surface area contributed by atoms with Gasteiger partial charge < -0.3 is 15.4 Å². The van der Waals surface area contributed by atoms with Crippen LogP contribution in [0.1, 0.15) is 25.7 Å². The molecule has 19 heavy (non-hydrogen) atoms. The largest absolute Gasteiger partial charge is 0.505 e. The number of halogens is 1. The lowest BCUT2D eigenvalue weighted by Crippen LogP contribution is -2.18. The third kappa shape index (κ3) is 2.73. The van der Waals surface area contributed by atoms with Crippen LogP contribution in [0.3, 0.4) is 0 Å². The van der Waals surface area contributed by atoms with Gasteiger partial charge in [-0.2, -0.15) is 4.98 Å². The smallest absolute Gasteiger partial charge is 0.231 e. The maximum absolute atomic E-state index is 13.3. The molecule has 1 unspecified atom stereocenters. The summed E-state index contributed by atoms with van der Waals surface area (Å²) in [5.41, 5.74) is 6.13. The van der Waals surface area contributed by atoms with Crippen LogP contribution in [0.15, 0.2) is 22.7 Å². The van der Waals surface area contributed by atoms with Gasteiger partial charge in [-0.1, -0.05) is 19.0 Å². The highest BCUT2D eigenvalue weighted by Crippen LogP contribution is 2.26. The van der Waals surface area contributed by atoms with Crippen molar-refractivity contribution in [2.45, 2.75) is 19.8 Å². The summed E-state index contributed by atoms with van der Waals surface area (Å²) in [5.74, 6) is -0.149. The van der Waals surface area contributed by atoms with E-state index in [1.165, 1.54) is 12.1 Å². The Labute approximate surface area is 110 Å². The number of nitrogens with zero attached hydrogens (tertiary/aromatic N) is 2. The molecule has 0 fully saturated rings. The van der Waals surface area contributed by atoms with Crippen molar-refractivity contribution < 1.29 is 14.0 Å². The van der Waals surface area contributed by atoms with Crippen molar-refractivity contribution in [3.63, 3.8) is 0 Å². The summed E-state index contributed by atoms with van der Waals surface area (Å²) >= 11 is 0. The fourth-order valence-electron chi connectivity index (χ4n) is 1.81. The molecule has 0 amide bonds. The van der Waals surface area contributed by atoms with E-state index in [0.29, 0.717) is 18.0 Å². The van der Waals surface area contributed by atoms with Crippen LogP contribution >= 0.6 is 0 Å². The van der Waals surface area contributed by atoms with Crippen LogP contribution in [-0.4, -0.2) is 21.8 Å². The molecule has 0 saturated carbocycles. The van der Waals surface area contributed by atoms with Crippen LogP contribution < -0.4 is 5.73 Å². The van der Waals surface area contributed by atoms with Gasteiger partial charge in [-0.05, 0) is 24.1 Å². The van der Waals surface area contributed by atoms with Crippen molar-refractivity contribution in [3.05, 3.63) is 29.9 Å². The molecule has 2 aromatic rings. The van der Waals surface area contributed by atoms with E-state index in [-0.39, 0.29) is 17.7 Å². The minimum atomic E-state index is -0.719. The van der Waals surface area contributed by atoms with Crippen molar-refractivity contribution in [1.29, 1.82) is 0 Å². The van der Waals surface area contributed by atoms with Gasteiger partial charge in [0.05, 0.1) is 5.92 Å². The maximum Gasteiger partial charge on any atom is 0.231 e. The first-order chi connectivity index (χ1) is 9.02. The summed E-state index contributed by atoms with van der Waals surface area (Å²) in [7, 11) is 0. The van der Waals surface area contributed by atoms with Crippen molar-refractivity contribution in [1.82, 2.24) is 10.1 Å². The molecule has 0 spiro atoms. The van der Waals surface area contributed by atoms with Crippen LogP contribution in [0.2, 0.25) is 0 Å². The van der Waals surface area contributed by atoms with Crippen LogP contribution in [0, 0.1) is 11.7 Å². The van der Waals surface area contributed by atoms with Crippen LogP contribution in [0.4, 0.5) is 4.39 Å². The van der Waals surface area contributed by atoms with E-state index in [1.54, 1.807) is 0 Å². The zero-order valence-corrected chi connectivity index (χ0v) is 10.8.